The van der Waals surface area contributed by atoms with Crippen molar-refractivity contribution in [1.29, 1.82) is 0 Å². The first-order valence-corrected chi connectivity index (χ1v) is 8.87. The molecule has 0 aliphatic carbocycles. The van der Waals surface area contributed by atoms with Crippen LogP contribution in [0.1, 0.15) is 48.6 Å². The molecule has 1 N–H and O–H groups in total. The number of halogens is 3. The number of Topliss-reactive ketones (excluding diaryl/α,β-unsaturated/α-hetero) is 1. The highest BCUT2D eigenvalue weighted by atomic mass is 19.4. The Bertz CT molecular complexity index is 855. The zero-order valence-corrected chi connectivity index (χ0v) is 16.2. The van der Waals surface area contributed by atoms with Gasteiger partial charge in [-0.25, -0.2) is 0 Å². The number of hydrogen-bond donors (Lipinski definition) is 1. The molecule has 0 spiro atoms. The van der Waals surface area contributed by atoms with Crippen molar-refractivity contribution >= 4 is 11.7 Å². The molecule has 7 nitrogen and oxygen atoms in total. The fourth-order valence-electron chi connectivity index (χ4n) is 2.27. The minimum Gasteiger partial charge on any atom is -0.467 e. The smallest absolute Gasteiger partial charge is 0.422 e. The van der Waals surface area contributed by atoms with E-state index in [0.717, 1.165) is 11.6 Å². The molecule has 2 aromatic heterocycles. The lowest BCUT2D eigenvalue weighted by molar-refractivity contribution is -0.154. The number of nitrogens with zero attached hydrogens (tertiary/aromatic N) is 3. The molecule has 29 heavy (non-hydrogen) atoms. The van der Waals surface area contributed by atoms with Crippen LogP contribution in [-0.2, 0) is 11.2 Å². The molecule has 10 heteroatoms. The number of alkyl halides is 3. The first kappa shape index (κ1) is 22.3. The summed E-state index contributed by atoms with van der Waals surface area (Å²) in [6.45, 7) is 3.88. The number of pyridine rings is 1. The molecule has 0 aromatic carbocycles. The molecule has 2 heterocycles. The van der Waals surface area contributed by atoms with Crippen molar-refractivity contribution in [3.05, 3.63) is 47.4 Å². The van der Waals surface area contributed by atoms with Gasteiger partial charge in [0, 0.05) is 30.3 Å². The molecule has 1 unspecified atom stereocenters. The van der Waals surface area contributed by atoms with Gasteiger partial charge in [0.2, 0.25) is 5.88 Å². The topological polar surface area (TPSA) is 94.1 Å². The summed E-state index contributed by atoms with van der Waals surface area (Å²) in [6, 6.07) is 5.40. The van der Waals surface area contributed by atoms with E-state index in [-0.39, 0.29) is 29.7 Å². The first-order valence-electron chi connectivity index (χ1n) is 8.87. The van der Waals surface area contributed by atoms with Crippen molar-refractivity contribution in [1.82, 2.24) is 20.5 Å². The number of hydrogen-bond acceptors (Lipinski definition) is 6. The molecule has 1 atom stereocenters. The molecular formula is C19H21F3N4O3. The Balaban J connectivity index is 1.99. The lowest BCUT2D eigenvalue weighted by Gasteiger charge is -2.15. The van der Waals surface area contributed by atoms with Gasteiger partial charge in [-0.05, 0) is 30.7 Å². The molecule has 0 saturated carbocycles. The van der Waals surface area contributed by atoms with Gasteiger partial charge in [-0.15, -0.1) is 10.2 Å². The van der Waals surface area contributed by atoms with Crippen LogP contribution >= 0.6 is 0 Å². The molecule has 156 valence electrons. The van der Waals surface area contributed by atoms with E-state index in [9.17, 15) is 22.8 Å². The lowest BCUT2D eigenvalue weighted by atomic mass is 10.0. The van der Waals surface area contributed by atoms with Crippen LogP contribution in [0.25, 0.3) is 0 Å². The molecule has 0 fully saturated rings. The Morgan fingerprint density at radius 3 is 2.45 bits per heavy atom. The van der Waals surface area contributed by atoms with Crippen molar-refractivity contribution in [3.63, 3.8) is 0 Å². The number of carbonyl (C=O) groups is 2. The number of nitrogens with one attached hydrogen (secondary N) is 1. The van der Waals surface area contributed by atoms with Crippen molar-refractivity contribution in [2.24, 2.45) is 5.92 Å². The molecule has 0 saturated heterocycles. The molecule has 2 rings (SSSR count). The number of amides is 1. The van der Waals surface area contributed by atoms with E-state index in [0.29, 0.717) is 5.69 Å². The fourth-order valence-corrected chi connectivity index (χ4v) is 2.27. The second-order valence-electron chi connectivity index (χ2n) is 6.73. The van der Waals surface area contributed by atoms with Crippen LogP contribution in [-0.4, -0.2) is 39.7 Å². The minimum absolute atomic E-state index is 0.0643. The number of carbonyl (C=O) groups excluding carboxylic acids is 2. The Labute approximate surface area is 165 Å². The zero-order valence-electron chi connectivity index (χ0n) is 16.2. The molecular weight excluding hydrogens is 389 g/mol. The summed E-state index contributed by atoms with van der Waals surface area (Å²) in [6.07, 6.45) is -2.72. The van der Waals surface area contributed by atoms with Crippen molar-refractivity contribution in [2.45, 2.75) is 39.4 Å². The average molecular weight is 410 g/mol. The number of rotatable bonds is 8. The fraction of sp³-hybridized carbons (Fsp3) is 0.421. The SMILES string of the molecule is CC(C)C(=O)Cc1cc(C(C)NC(=O)c2ccc(OCC(F)(F)F)nn2)ccn1. The summed E-state index contributed by atoms with van der Waals surface area (Å²) >= 11 is 0. The number of aromatic nitrogens is 3. The van der Waals surface area contributed by atoms with Crippen LogP contribution < -0.4 is 10.1 Å². The van der Waals surface area contributed by atoms with Gasteiger partial charge in [0.25, 0.3) is 5.91 Å². The van der Waals surface area contributed by atoms with E-state index >= 15 is 0 Å². The highest BCUT2D eigenvalue weighted by Crippen LogP contribution is 2.17. The Morgan fingerprint density at radius 1 is 1.14 bits per heavy atom. The molecule has 0 bridgehead atoms. The summed E-state index contributed by atoms with van der Waals surface area (Å²) in [7, 11) is 0. The maximum Gasteiger partial charge on any atom is 0.422 e. The van der Waals surface area contributed by atoms with Crippen molar-refractivity contribution in [3.8, 4) is 5.88 Å². The summed E-state index contributed by atoms with van der Waals surface area (Å²) in [5.41, 5.74) is 1.28. The standard InChI is InChI=1S/C19H21F3N4O3/c1-11(2)16(27)9-14-8-13(6-7-23-14)12(3)24-18(28)15-4-5-17(26-25-15)29-10-19(20,21)22/h4-8,11-12H,9-10H2,1-3H3,(H,24,28). The Hall–Kier alpha value is -3.04. The second kappa shape index (κ2) is 9.44. The van der Waals surface area contributed by atoms with Gasteiger partial charge in [0.1, 0.15) is 5.78 Å². The lowest BCUT2D eigenvalue weighted by Crippen LogP contribution is -2.28. The molecule has 2 aromatic rings. The molecule has 0 radical (unpaired) electrons. The van der Waals surface area contributed by atoms with E-state index in [1.54, 1.807) is 25.3 Å². The monoisotopic (exact) mass is 410 g/mol. The van der Waals surface area contributed by atoms with E-state index < -0.39 is 24.7 Å². The third-order valence-corrected chi connectivity index (χ3v) is 3.94. The van der Waals surface area contributed by atoms with Gasteiger partial charge in [-0.1, -0.05) is 13.8 Å². The summed E-state index contributed by atoms with van der Waals surface area (Å²) in [4.78, 5) is 28.4. The normalized spacial score (nSPS) is 12.5. The highest BCUT2D eigenvalue weighted by molar-refractivity contribution is 5.92. The third kappa shape index (κ3) is 7.13. The Morgan fingerprint density at radius 2 is 1.86 bits per heavy atom. The van der Waals surface area contributed by atoms with Gasteiger partial charge in [0.05, 0.1) is 6.04 Å². The van der Waals surface area contributed by atoms with Crippen LogP contribution in [0.3, 0.4) is 0 Å². The van der Waals surface area contributed by atoms with Crippen LogP contribution in [0.5, 0.6) is 5.88 Å². The van der Waals surface area contributed by atoms with Crippen LogP contribution in [0.4, 0.5) is 13.2 Å². The summed E-state index contributed by atoms with van der Waals surface area (Å²) in [5.74, 6) is -0.918. The van der Waals surface area contributed by atoms with E-state index in [2.05, 4.69) is 25.2 Å². The van der Waals surface area contributed by atoms with Gasteiger partial charge in [-0.2, -0.15) is 13.2 Å². The molecule has 0 aliphatic rings. The predicted octanol–water partition coefficient (Wildman–Crippen LogP) is 3.07. The zero-order chi connectivity index (χ0) is 21.6. The maximum absolute atomic E-state index is 12.3. The van der Waals surface area contributed by atoms with Gasteiger partial charge < -0.3 is 10.1 Å². The van der Waals surface area contributed by atoms with Gasteiger partial charge in [-0.3, -0.25) is 14.6 Å². The molecule has 1 amide bonds. The average Bonchev–Trinajstić information content (AvgIpc) is 2.66. The third-order valence-electron chi connectivity index (χ3n) is 3.94. The Kier molecular flexibility index (Phi) is 7.24. The van der Waals surface area contributed by atoms with Gasteiger partial charge in [0.15, 0.2) is 12.3 Å². The van der Waals surface area contributed by atoms with E-state index in [4.69, 9.17) is 0 Å². The maximum atomic E-state index is 12.3. The first-order chi connectivity index (χ1) is 13.5. The second-order valence-corrected chi connectivity index (χ2v) is 6.73. The van der Waals surface area contributed by atoms with E-state index in [1.165, 1.54) is 6.07 Å². The van der Waals surface area contributed by atoms with Crippen LogP contribution in [0.15, 0.2) is 30.5 Å². The largest absolute Gasteiger partial charge is 0.467 e. The van der Waals surface area contributed by atoms with E-state index in [1.807, 2.05) is 13.8 Å². The highest BCUT2D eigenvalue weighted by Gasteiger charge is 2.28. The van der Waals surface area contributed by atoms with Crippen LogP contribution in [0, 0.1) is 5.92 Å². The number of ketones is 1. The van der Waals surface area contributed by atoms with Crippen molar-refractivity contribution in [2.75, 3.05) is 6.61 Å². The predicted molar refractivity (Wildman–Crippen MR) is 97.2 cm³/mol. The summed E-state index contributed by atoms with van der Waals surface area (Å²) < 4.78 is 40.8. The van der Waals surface area contributed by atoms with Gasteiger partial charge >= 0.3 is 6.18 Å². The molecule has 0 aliphatic heterocycles. The van der Waals surface area contributed by atoms with Crippen molar-refractivity contribution < 1.29 is 27.5 Å². The summed E-state index contributed by atoms with van der Waals surface area (Å²) in [5, 5.41) is 9.77. The quantitative estimate of drug-likeness (QED) is 0.719. The minimum atomic E-state index is -4.49. The number of ether oxygens (including phenoxy) is 1. The van der Waals surface area contributed by atoms with Crippen LogP contribution in [0.2, 0.25) is 0 Å².